The molecule has 0 aromatic carbocycles. The van der Waals surface area contributed by atoms with Crippen LogP contribution in [0.25, 0.3) is 0 Å². The normalized spacial score (nSPS) is 17.9. The Bertz CT molecular complexity index is 382. The molecule has 1 aromatic rings. The van der Waals surface area contributed by atoms with Gasteiger partial charge in [-0.2, -0.15) is 0 Å². The molecule has 2 heterocycles. The summed E-state index contributed by atoms with van der Waals surface area (Å²) in [7, 11) is 0. The summed E-state index contributed by atoms with van der Waals surface area (Å²) in [5.74, 6) is -0.177. The summed E-state index contributed by atoms with van der Waals surface area (Å²) >= 11 is 0. The Kier molecular flexibility index (Phi) is 3.03. The molecular formula is C10H14N2O3. The molecule has 1 aliphatic heterocycles. The summed E-state index contributed by atoms with van der Waals surface area (Å²) in [6, 6.07) is 1.73. The molecule has 0 saturated carbocycles. The van der Waals surface area contributed by atoms with E-state index in [4.69, 9.17) is 4.74 Å². The van der Waals surface area contributed by atoms with E-state index >= 15 is 0 Å². The first-order valence-corrected chi connectivity index (χ1v) is 4.97. The number of ether oxygens (including phenoxy) is 1. The highest BCUT2D eigenvalue weighted by Gasteiger charge is 2.13. The maximum atomic E-state index is 11.1. The van der Waals surface area contributed by atoms with Crippen molar-refractivity contribution >= 4 is 0 Å². The average Bonchev–Trinajstić information content (AvgIpc) is 2.26. The third-order valence-corrected chi connectivity index (χ3v) is 2.52. The van der Waals surface area contributed by atoms with Gasteiger partial charge in [-0.3, -0.25) is 9.69 Å². The Morgan fingerprint density at radius 3 is 2.93 bits per heavy atom. The zero-order valence-electron chi connectivity index (χ0n) is 8.40. The molecular weight excluding hydrogens is 196 g/mol. The lowest BCUT2D eigenvalue weighted by Gasteiger charge is -2.26. The van der Waals surface area contributed by atoms with Crippen molar-refractivity contribution in [2.75, 3.05) is 26.3 Å². The van der Waals surface area contributed by atoms with Gasteiger partial charge in [0.1, 0.15) is 0 Å². The van der Waals surface area contributed by atoms with Crippen LogP contribution in [0.4, 0.5) is 0 Å². The topological polar surface area (TPSA) is 65.6 Å². The number of aromatic amines is 1. The third kappa shape index (κ3) is 2.37. The maximum absolute atomic E-state index is 11.1. The second kappa shape index (κ2) is 4.46. The van der Waals surface area contributed by atoms with Gasteiger partial charge >= 0.3 is 0 Å². The summed E-state index contributed by atoms with van der Waals surface area (Å²) < 4.78 is 5.22. The first-order valence-electron chi connectivity index (χ1n) is 4.97. The highest BCUT2D eigenvalue weighted by molar-refractivity contribution is 5.28. The standard InChI is InChI=1S/C10H14N2O3/c13-9-8(1-2-11-10(9)14)7-12-3-5-15-6-4-12/h1-2,13H,3-7H2,(H,11,14). The van der Waals surface area contributed by atoms with Crippen molar-refractivity contribution in [2.45, 2.75) is 6.54 Å². The second-order valence-electron chi connectivity index (χ2n) is 3.57. The van der Waals surface area contributed by atoms with Crippen LogP contribution in [-0.2, 0) is 11.3 Å². The van der Waals surface area contributed by atoms with Crippen LogP contribution >= 0.6 is 0 Å². The Hall–Kier alpha value is -1.33. The zero-order valence-corrected chi connectivity index (χ0v) is 8.40. The number of hydrogen-bond donors (Lipinski definition) is 2. The molecule has 0 atom stereocenters. The van der Waals surface area contributed by atoms with Crippen molar-refractivity contribution in [1.82, 2.24) is 9.88 Å². The van der Waals surface area contributed by atoms with Crippen LogP contribution in [0.3, 0.4) is 0 Å². The molecule has 0 amide bonds. The van der Waals surface area contributed by atoms with Crippen molar-refractivity contribution in [3.05, 3.63) is 28.2 Å². The van der Waals surface area contributed by atoms with Crippen LogP contribution < -0.4 is 5.56 Å². The number of rotatable bonds is 2. The van der Waals surface area contributed by atoms with E-state index in [-0.39, 0.29) is 5.75 Å². The minimum atomic E-state index is -0.430. The first kappa shape index (κ1) is 10.2. The van der Waals surface area contributed by atoms with Crippen molar-refractivity contribution in [3.63, 3.8) is 0 Å². The van der Waals surface area contributed by atoms with Crippen LogP contribution in [-0.4, -0.2) is 41.3 Å². The molecule has 2 rings (SSSR count). The average molecular weight is 210 g/mol. The van der Waals surface area contributed by atoms with E-state index in [2.05, 4.69) is 9.88 Å². The number of morpholine rings is 1. The molecule has 1 aliphatic rings. The number of pyridine rings is 1. The molecule has 0 radical (unpaired) electrons. The highest BCUT2D eigenvalue weighted by Crippen LogP contribution is 2.13. The first-order chi connectivity index (χ1) is 7.27. The molecule has 0 aliphatic carbocycles. The van der Waals surface area contributed by atoms with Crippen LogP contribution in [0.1, 0.15) is 5.56 Å². The molecule has 1 saturated heterocycles. The highest BCUT2D eigenvalue weighted by atomic mass is 16.5. The van der Waals surface area contributed by atoms with Gasteiger partial charge in [0.05, 0.1) is 13.2 Å². The lowest BCUT2D eigenvalue weighted by atomic mass is 10.2. The maximum Gasteiger partial charge on any atom is 0.290 e. The summed E-state index contributed by atoms with van der Waals surface area (Å²) in [6.45, 7) is 3.70. The van der Waals surface area contributed by atoms with Gasteiger partial charge in [0, 0.05) is 31.4 Å². The Balaban J connectivity index is 2.09. The Morgan fingerprint density at radius 2 is 2.20 bits per heavy atom. The Morgan fingerprint density at radius 1 is 1.47 bits per heavy atom. The van der Waals surface area contributed by atoms with Gasteiger partial charge in [0.2, 0.25) is 0 Å². The number of aromatic hydroxyl groups is 1. The number of aromatic nitrogens is 1. The fourth-order valence-corrected chi connectivity index (χ4v) is 1.64. The van der Waals surface area contributed by atoms with E-state index in [1.54, 1.807) is 12.3 Å². The van der Waals surface area contributed by atoms with Crippen molar-refractivity contribution < 1.29 is 9.84 Å². The van der Waals surface area contributed by atoms with E-state index in [1.807, 2.05) is 0 Å². The second-order valence-corrected chi connectivity index (χ2v) is 3.57. The van der Waals surface area contributed by atoms with Crippen LogP contribution in [0.5, 0.6) is 5.75 Å². The smallest absolute Gasteiger partial charge is 0.290 e. The molecule has 5 heteroatoms. The van der Waals surface area contributed by atoms with Crippen LogP contribution in [0.15, 0.2) is 17.1 Å². The predicted molar refractivity (Wildman–Crippen MR) is 54.8 cm³/mol. The summed E-state index contributed by atoms with van der Waals surface area (Å²) in [4.78, 5) is 15.7. The van der Waals surface area contributed by atoms with Gasteiger partial charge in [-0.25, -0.2) is 0 Å². The molecule has 0 spiro atoms. The van der Waals surface area contributed by atoms with E-state index in [1.165, 1.54) is 0 Å². The molecule has 15 heavy (non-hydrogen) atoms. The van der Waals surface area contributed by atoms with Crippen molar-refractivity contribution in [3.8, 4) is 5.75 Å². The SMILES string of the molecule is O=c1[nH]ccc(CN2CCOCC2)c1O. The zero-order chi connectivity index (χ0) is 10.7. The van der Waals surface area contributed by atoms with Crippen LogP contribution in [0, 0.1) is 0 Å². The number of nitrogens with one attached hydrogen (secondary N) is 1. The van der Waals surface area contributed by atoms with Gasteiger partial charge in [0.15, 0.2) is 5.75 Å². The van der Waals surface area contributed by atoms with Gasteiger partial charge in [-0.1, -0.05) is 0 Å². The minimum Gasteiger partial charge on any atom is -0.503 e. The van der Waals surface area contributed by atoms with E-state index in [0.29, 0.717) is 25.3 Å². The summed E-state index contributed by atoms with van der Waals surface area (Å²) in [5.41, 5.74) is 0.237. The van der Waals surface area contributed by atoms with Crippen LogP contribution in [0.2, 0.25) is 0 Å². The van der Waals surface area contributed by atoms with Gasteiger partial charge in [-0.05, 0) is 6.07 Å². The van der Waals surface area contributed by atoms with E-state index < -0.39 is 5.56 Å². The fraction of sp³-hybridized carbons (Fsp3) is 0.500. The van der Waals surface area contributed by atoms with Crippen molar-refractivity contribution in [1.29, 1.82) is 0 Å². The quantitative estimate of drug-likeness (QED) is 0.716. The molecule has 82 valence electrons. The number of H-pyrrole nitrogens is 1. The summed E-state index contributed by atoms with van der Waals surface area (Å²) in [6.07, 6.45) is 1.55. The third-order valence-electron chi connectivity index (χ3n) is 2.52. The monoisotopic (exact) mass is 210 g/mol. The lowest BCUT2D eigenvalue weighted by Crippen LogP contribution is -2.35. The Labute approximate surface area is 87.3 Å². The number of nitrogens with zero attached hydrogens (tertiary/aromatic N) is 1. The largest absolute Gasteiger partial charge is 0.503 e. The number of hydrogen-bond acceptors (Lipinski definition) is 4. The molecule has 1 fully saturated rings. The van der Waals surface area contributed by atoms with Crippen molar-refractivity contribution in [2.24, 2.45) is 0 Å². The molecule has 0 bridgehead atoms. The summed E-state index contributed by atoms with van der Waals surface area (Å²) in [5, 5.41) is 9.53. The predicted octanol–water partition coefficient (Wildman–Crippen LogP) is -0.0873. The van der Waals surface area contributed by atoms with Gasteiger partial charge < -0.3 is 14.8 Å². The lowest BCUT2D eigenvalue weighted by molar-refractivity contribution is 0.0338. The molecule has 2 N–H and O–H groups in total. The fourth-order valence-electron chi connectivity index (χ4n) is 1.64. The van der Waals surface area contributed by atoms with Gasteiger partial charge in [-0.15, -0.1) is 0 Å². The molecule has 1 aromatic heterocycles. The van der Waals surface area contributed by atoms with E-state index in [9.17, 15) is 9.90 Å². The van der Waals surface area contributed by atoms with Gasteiger partial charge in [0.25, 0.3) is 5.56 Å². The molecule has 5 nitrogen and oxygen atoms in total. The molecule has 0 unspecified atom stereocenters. The van der Waals surface area contributed by atoms with E-state index in [0.717, 1.165) is 13.1 Å². The minimum absolute atomic E-state index is 0.177.